The van der Waals surface area contributed by atoms with Gasteiger partial charge in [0, 0.05) is 0 Å². The number of phosphoric acid groups is 3. The Kier molecular flexibility index (Phi) is 6.07. The first-order chi connectivity index (χ1) is 9.66. The molecule has 0 amide bonds. The van der Waals surface area contributed by atoms with Crippen LogP contribution in [0.3, 0.4) is 0 Å². The summed E-state index contributed by atoms with van der Waals surface area (Å²) in [6.07, 6.45) is -4.51. The second kappa shape index (κ2) is 6.60. The zero-order chi connectivity index (χ0) is 17.4. The molecule has 0 saturated carbocycles. The van der Waals surface area contributed by atoms with Crippen molar-refractivity contribution in [3.8, 4) is 0 Å². The van der Waals surface area contributed by atoms with Gasteiger partial charge in [-0.2, -0.15) is 8.62 Å². The number of aliphatic hydroxyl groups excluding tert-OH is 1. The van der Waals surface area contributed by atoms with Crippen molar-refractivity contribution in [1.29, 1.82) is 0 Å². The van der Waals surface area contributed by atoms with E-state index in [9.17, 15) is 22.5 Å². The van der Waals surface area contributed by atoms with Crippen LogP contribution in [0.1, 0.15) is 0 Å². The van der Waals surface area contributed by atoms with Gasteiger partial charge >= 0.3 is 23.5 Å². The van der Waals surface area contributed by atoms with Crippen LogP contribution in [0.25, 0.3) is 0 Å². The monoisotopic (exact) mass is 394 g/mol. The number of aliphatic hydroxyl groups is 1. The number of hydrogen-bond acceptors (Lipinski definition) is 8. The molecule has 0 aromatic heterocycles. The first-order valence-corrected chi connectivity index (χ1v) is 9.61. The first-order valence-electron chi connectivity index (χ1n) is 5.09. The molecule has 0 aromatic rings. The average Bonchev–Trinajstić information content (AvgIpc) is 2.51. The third-order valence-electron chi connectivity index (χ3n) is 2.11. The largest absolute Gasteiger partial charge is 0.490 e. The molecule has 12 nitrogen and oxygen atoms in total. The van der Waals surface area contributed by atoms with E-state index in [2.05, 4.69) is 17.9 Å². The highest BCUT2D eigenvalue weighted by atomic mass is 31.3. The van der Waals surface area contributed by atoms with Crippen LogP contribution in [-0.4, -0.2) is 56.0 Å². The second-order valence-electron chi connectivity index (χ2n) is 3.92. The van der Waals surface area contributed by atoms with Crippen LogP contribution in [-0.2, 0) is 31.6 Å². The molecular formula is C5H11F2O12P3. The molecule has 0 spiro atoms. The summed E-state index contributed by atoms with van der Waals surface area (Å²) in [4.78, 5) is 34.4. The molecule has 132 valence electrons. The quantitative estimate of drug-likeness (QED) is 0.356. The Hall–Kier alpha value is 0.190. The summed E-state index contributed by atoms with van der Waals surface area (Å²) < 4.78 is 74.0. The molecule has 22 heavy (non-hydrogen) atoms. The highest BCUT2D eigenvalue weighted by Gasteiger charge is 2.53. The molecule has 5 N–H and O–H groups in total. The Morgan fingerprint density at radius 2 is 1.68 bits per heavy atom. The maximum atomic E-state index is 13.8. The average molecular weight is 394 g/mol. The number of rotatable bonds is 7. The zero-order valence-electron chi connectivity index (χ0n) is 10.3. The molecule has 1 heterocycles. The van der Waals surface area contributed by atoms with Gasteiger partial charge in [-0.3, -0.25) is 4.52 Å². The first kappa shape index (κ1) is 20.2. The molecule has 0 aliphatic carbocycles. The Bertz CT molecular complexity index is 549. The van der Waals surface area contributed by atoms with Crippen LogP contribution in [0.4, 0.5) is 8.78 Å². The predicted octanol–water partition coefficient (Wildman–Crippen LogP) is -0.275. The minimum atomic E-state index is -5.75. The number of alkyl halides is 2. The van der Waals surface area contributed by atoms with E-state index in [0.29, 0.717) is 0 Å². The van der Waals surface area contributed by atoms with Gasteiger partial charge in [-0.25, -0.2) is 22.5 Å². The van der Waals surface area contributed by atoms with E-state index in [4.69, 9.17) is 24.7 Å². The van der Waals surface area contributed by atoms with Crippen LogP contribution < -0.4 is 0 Å². The Morgan fingerprint density at radius 3 is 2.09 bits per heavy atom. The van der Waals surface area contributed by atoms with Crippen LogP contribution in [0.5, 0.6) is 0 Å². The molecule has 1 fully saturated rings. The van der Waals surface area contributed by atoms with Crippen molar-refractivity contribution in [2.45, 2.75) is 18.1 Å². The number of phosphoric ester groups is 1. The van der Waals surface area contributed by atoms with Gasteiger partial charge in [0.15, 0.2) is 6.17 Å². The lowest BCUT2D eigenvalue weighted by Gasteiger charge is -2.23. The van der Waals surface area contributed by atoms with E-state index in [-0.39, 0.29) is 0 Å². The van der Waals surface area contributed by atoms with Crippen molar-refractivity contribution < 1.29 is 65.0 Å². The minimum absolute atomic E-state index is 0.878. The van der Waals surface area contributed by atoms with Gasteiger partial charge < -0.3 is 29.4 Å². The Labute approximate surface area is 121 Å². The Morgan fingerprint density at radius 1 is 1.14 bits per heavy atom. The molecule has 5 atom stereocenters. The van der Waals surface area contributed by atoms with Crippen molar-refractivity contribution in [2.75, 3.05) is 13.2 Å². The summed E-state index contributed by atoms with van der Waals surface area (Å²) in [5.74, 6) is -3.23. The van der Waals surface area contributed by atoms with Gasteiger partial charge in [0.25, 0.3) is 5.85 Å². The van der Waals surface area contributed by atoms with Gasteiger partial charge in [-0.1, -0.05) is 0 Å². The SMILES string of the molecule is O=P(O)(O)OP(=O)(O)OP(=O)(O)OC[C@@]1(F)OC[C@H](F)[C@@H]1O. The van der Waals surface area contributed by atoms with E-state index >= 15 is 0 Å². The summed E-state index contributed by atoms with van der Waals surface area (Å²) in [6.45, 7) is -2.46. The van der Waals surface area contributed by atoms with Crippen LogP contribution in [0, 0.1) is 0 Å². The van der Waals surface area contributed by atoms with Crippen molar-refractivity contribution in [2.24, 2.45) is 0 Å². The lowest BCUT2D eigenvalue weighted by Crippen LogP contribution is -2.41. The molecule has 2 unspecified atom stereocenters. The van der Waals surface area contributed by atoms with Crippen molar-refractivity contribution in [3.05, 3.63) is 0 Å². The summed E-state index contributed by atoms with van der Waals surface area (Å²) in [6, 6.07) is 0. The smallest absolute Gasteiger partial charge is 0.384 e. The molecule has 0 bridgehead atoms. The van der Waals surface area contributed by atoms with Crippen molar-refractivity contribution >= 4 is 23.5 Å². The molecule has 17 heteroatoms. The Balaban J connectivity index is 2.67. The third-order valence-corrected chi connectivity index (χ3v) is 5.89. The van der Waals surface area contributed by atoms with E-state index in [1.807, 2.05) is 0 Å². The van der Waals surface area contributed by atoms with Gasteiger partial charge in [0.2, 0.25) is 0 Å². The molecule has 1 aliphatic rings. The normalized spacial score (nSPS) is 35.0. The highest BCUT2D eigenvalue weighted by Crippen LogP contribution is 2.66. The standard InChI is InChI=1S/C5H11F2O12P3/c6-3-1-16-5(7,4(3)8)2-17-21(12,13)19-22(14,15)18-20(9,10)11/h3-4,8H,1-2H2,(H,12,13)(H,14,15)(H2,9,10,11)/t3-,4-,5+/m0/s1. The number of halogens is 2. The highest BCUT2D eigenvalue weighted by molar-refractivity contribution is 7.66. The molecule has 0 aromatic carbocycles. The molecule has 0 radical (unpaired) electrons. The number of ether oxygens (including phenoxy) is 1. The van der Waals surface area contributed by atoms with Gasteiger partial charge in [0.1, 0.15) is 12.7 Å². The van der Waals surface area contributed by atoms with Crippen LogP contribution in [0.15, 0.2) is 0 Å². The predicted molar refractivity (Wildman–Crippen MR) is 60.5 cm³/mol. The van der Waals surface area contributed by atoms with Crippen molar-refractivity contribution in [3.63, 3.8) is 0 Å². The topological polar surface area (TPSA) is 189 Å². The van der Waals surface area contributed by atoms with Gasteiger partial charge in [-0.05, 0) is 0 Å². The van der Waals surface area contributed by atoms with E-state index in [0.717, 1.165) is 0 Å². The molecule has 1 saturated heterocycles. The van der Waals surface area contributed by atoms with Crippen LogP contribution in [0.2, 0.25) is 0 Å². The fraction of sp³-hybridized carbons (Fsp3) is 1.00. The maximum Gasteiger partial charge on any atom is 0.490 e. The lowest BCUT2D eigenvalue weighted by molar-refractivity contribution is -0.178. The van der Waals surface area contributed by atoms with E-state index < -0.39 is 54.8 Å². The van der Waals surface area contributed by atoms with E-state index in [1.54, 1.807) is 0 Å². The zero-order valence-corrected chi connectivity index (χ0v) is 12.9. The van der Waals surface area contributed by atoms with Crippen LogP contribution >= 0.6 is 23.5 Å². The van der Waals surface area contributed by atoms with Gasteiger partial charge in [0.05, 0.1) is 6.61 Å². The van der Waals surface area contributed by atoms with E-state index in [1.165, 1.54) is 0 Å². The fourth-order valence-electron chi connectivity index (χ4n) is 1.26. The molecular weight excluding hydrogens is 383 g/mol. The maximum absolute atomic E-state index is 13.8. The molecule has 1 aliphatic heterocycles. The minimum Gasteiger partial charge on any atom is -0.384 e. The second-order valence-corrected chi connectivity index (χ2v) is 8.34. The van der Waals surface area contributed by atoms with Gasteiger partial charge in [-0.15, -0.1) is 0 Å². The van der Waals surface area contributed by atoms with Crippen molar-refractivity contribution in [1.82, 2.24) is 0 Å². The summed E-state index contributed by atoms with van der Waals surface area (Å²) in [5, 5.41) is 9.10. The summed E-state index contributed by atoms with van der Waals surface area (Å²) in [5.41, 5.74) is 0. The third kappa shape index (κ3) is 6.00. The molecule has 1 rings (SSSR count). The summed E-state index contributed by atoms with van der Waals surface area (Å²) in [7, 11) is -16.9. The lowest BCUT2D eigenvalue weighted by atomic mass is 10.1. The fourth-order valence-corrected chi connectivity index (χ4v) is 4.30. The summed E-state index contributed by atoms with van der Waals surface area (Å²) >= 11 is 0. The number of hydrogen-bond donors (Lipinski definition) is 5.